The molecule has 0 aliphatic carbocycles. The van der Waals surface area contributed by atoms with Crippen molar-refractivity contribution in [3.8, 4) is 0 Å². The third-order valence-corrected chi connectivity index (χ3v) is 4.29. The van der Waals surface area contributed by atoms with E-state index in [9.17, 15) is 14.4 Å². The van der Waals surface area contributed by atoms with E-state index >= 15 is 0 Å². The summed E-state index contributed by atoms with van der Waals surface area (Å²) in [5, 5.41) is 2.32. The van der Waals surface area contributed by atoms with Crippen molar-refractivity contribution in [1.29, 1.82) is 0 Å². The van der Waals surface area contributed by atoms with Crippen molar-refractivity contribution in [2.45, 2.75) is 45.7 Å². The lowest BCUT2D eigenvalue weighted by Crippen LogP contribution is -2.55. The average Bonchev–Trinajstić information content (AvgIpc) is 2.39. The van der Waals surface area contributed by atoms with E-state index in [0.29, 0.717) is 25.8 Å². The Kier molecular flexibility index (Phi) is 3.27. The first-order valence-corrected chi connectivity index (χ1v) is 7.18. The van der Waals surface area contributed by atoms with Gasteiger partial charge < -0.3 is 4.90 Å². The molecule has 1 atom stereocenters. The predicted octanol–water partition coefficient (Wildman–Crippen LogP) is 0.993. The van der Waals surface area contributed by atoms with Gasteiger partial charge in [-0.2, -0.15) is 0 Å². The highest BCUT2D eigenvalue weighted by Crippen LogP contribution is 2.27. The fourth-order valence-corrected chi connectivity index (χ4v) is 3.27. The number of benzene rings is 1. The van der Waals surface area contributed by atoms with Crippen molar-refractivity contribution in [3.63, 3.8) is 0 Å². The Morgan fingerprint density at radius 2 is 1.95 bits per heavy atom. The zero-order chi connectivity index (χ0) is 15.1. The lowest BCUT2D eigenvalue weighted by Gasteiger charge is -2.36. The van der Waals surface area contributed by atoms with Crippen LogP contribution in [0.2, 0.25) is 0 Å². The number of hydrogen-bond acceptors (Lipinski definition) is 3. The summed E-state index contributed by atoms with van der Waals surface area (Å²) in [5.74, 6) is -0.649. The lowest BCUT2D eigenvalue weighted by atomic mass is 9.91. The molecule has 110 valence electrons. The SMILES string of the molecule is Cc1cc(C)c2c(c1)CN(C1CCC(=O)NC1=O)C(=O)C2. The molecule has 0 aromatic heterocycles. The fraction of sp³-hybridized carbons (Fsp3) is 0.438. The van der Waals surface area contributed by atoms with E-state index < -0.39 is 6.04 Å². The van der Waals surface area contributed by atoms with Crippen molar-refractivity contribution in [1.82, 2.24) is 10.2 Å². The molecule has 0 saturated carbocycles. The number of aryl methyl sites for hydroxylation is 2. The number of hydrogen-bond donors (Lipinski definition) is 1. The van der Waals surface area contributed by atoms with Crippen molar-refractivity contribution >= 4 is 17.7 Å². The van der Waals surface area contributed by atoms with Crippen LogP contribution >= 0.6 is 0 Å². The summed E-state index contributed by atoms with van der Waals surface area (Å²) < 4.78 is 0. The number of imide groups is 1. The molecule has 1 unspecified atom stereocenters. The van der Waals surface area contributed by atoms with Gasteiger partial charge in [0.05, 0.1) is 6.42 Å². The Balaban J connectivity index is 1.90. The molecule has 0 spiro atoms. The zero-order valence-corrected chi connectivity index (χ0v) is 12.2. The van der Waals surface area contributed by atoms with Crippen LogP contribution < -0.4 is 5.32 Å². The van der Waals surface area contributed by atoms with Crippen molar-refractivity contribution in [3.05, 3.63) is 34.4 Å². The third kappa shape index (κ3) is 2.44. The van der Waals surface area contributed by atoms with Crippen LogP contribution in [-0.2, 0) is 27.3 Å². The minimum Gasteiger partial charge on any atom is -0.326 e. The van der Waals surface area contributed by atoms with Crippen LogP contribution in [0, 0.1) is 13.8 Å². The number of carbonyl (C=O) groups is 3. The molecule has 5 heteroatoms. The van der Waals surface area contributed by atoms with Crippen molar-refractivity contribution < 1.29 is 14.4 Å². The van der Waals surface area contributed by atoms with Crippen LogP contribution in [0.4, 0.5) is 0 Å². The molecule has 5 nitrogen and oxygen atoms in total. The summed E-state index contributed by atoms with van der Waals surface area (Å²) in [5.41, 5.74) is 4.47. The van der Waals surface area contributed by atoms with Gasteiger partial charge in [-0.3, -0.25) is 19.7 Å². The molecule has 2 aliphatic heterocycles. The summed E-state index contributed by atoms with van der Waals surface area (Å²) in [6.07, 6.45) is 1.04. The smallest absolute Gasteiger partial charge is 0.249 e. The summed E-state index contributed by atoms with van der Waals surface area (Å²) in [6.45, 7) is 4.49. The Morgan fingerprint density at radius 3 is 2.67 bits per heavy atom. The highest BCUT2D eigenvalue weighted by molar-refractivity contribution is 6.02. The Labute approximate surface area is 123 Å². The first-order chi connectivity index (χ1) is 9.95. The van der Waals surface area contributed by atoms with E-state index in [1.54, 1.807) is 4.90 Å². The monoisotopic (exact) mass is 286 g/mol. The molecule has 2 heterocycles. The highest BCUT2D eigenvalue weighted by atomic mass is 16.2. The molecular formula is C16H18N2O3. The molecule has 0 radical (unpaired) electrons. The van der Waals surface area contributed by atoms with Crippen molar-refractivity contribution in [2.75, 3.05) is 0 Å². The second-order valence-corrected chi connectivity index (χ2v) is 5.88. The lowest BCUT2D eigenvalue weighted by molar-refractivity contribution is -0.146. The molecule has 21 heavy (non-hydrogen) atoms. The third-order valence-electron chi connectivity index (χ3n) is 4.29. The maximum atomic E-state index is 12.4. The van der Waals surface area contributed by atoms with Crippen LogP contribution in [0.15, 0.2) is 12.1 Å². The molecule has 1 fully saturated rings. The highest BCUT2D eigenvalue weighted by Gasteiger charge is 2.36. The van der Waals surface area contributed by atoms with Crippen LogP contribution in [0.1, 0.15) is 35.1 Å². The van der Waals surface area contributed by atoms with E-state index in [-0.39, 0.29) is 17.7 Å². The van der Waals surface area contributed by atoms with E-state index in [1.807, 2.05) is 13.8 Å². The van der Waals surface area contributed by atoms with E-state index in [1.165, 1.54) is 0 Å². The number of fused-ring (bicyclic) bond motifs is 1. The average molecular weight is 286 g/mol. The van der Waals surface area contributed by atoms with Crippen LogP contribution in [0.25, 0.3) is 0 Å². The standard InChI is InChI=1S/C16H18N2O3/c1-9-5-10(2)12-7-15(20)18(8-11(12)6-9)13-3-4-14(19)17-16(13)21/h5-6,13H,3-4,7-8H2,1-2H3,(H,17,19,21). The number of nitrogens with one attached hydrogen (secondary N) is 1. The summed E-state index contributed by atoms with van der Waals surface area (Å²) >= 11 is 0. The number of amides is 3. The van der Waals surface area contributed by atoms with Crippen molar-refractivity contribution in [2.24, 2.45) is 0 Å². The number of nitrogens with zero attached hydrogens (tertiary/aromatic N) is 1. The quantitative estimate of drug-likeness (QED) is 0.783. The van der Waals surface area contributed by atoms with Gasteiger partial charge in [-0.05, 0) is 37.0 Å². The van der Waals surface area contributed by atoms with Gasteiger partial charge in [-0.15, -0.1) is 0 Å². The van der Waals surface area contributed by atoms with Gasteiger partial charge in [0.25, 0.3) is 0 Å². The Hall–Kier alpha value is -2.17. The van der Waals surface area contributed by atoms with Crippen LogP contribution in [0.5, 0.6) is 0 Å². The van der Waals surface area contributed by atoms with E-state index in [0.717, 1.165) is 22.3 Å². The topological polar surface area (TPSA) is 66.5 Å². The molecule has 1 saturated heterocycles. The van der Waals surface area contributed by atoms with Gasteiger partial charge in [-0.1, -0.05) is 17.7 Å². The first kappa shape index (κ1) is 13.8. The minimum absolute atomic E-state index is 0.0380. The first-order valence-electron chi connectivity index (χ1n) is 7.18. The second-order valence-electron chi connectivity index (χ2n) is 5.88. The van der Waals surface area contributed by atoms with Gasteiger partial charge in [0.15, 0.2) is 0 Å². The molecule has 1 aromatic rings. The largest absolute Gasteiger partial charge is 0.326 e. The molecular weight excluding hydrogens is 268 g/mol. The second kappa shape index (κ2) is 4.98. The maximum absolute atomic E-state index is 12.4. The number of rotatable bonds is 1. The zero-order valence-electron chi connectivity index (χ0n) is 12.2. The normalized spacial score (nSPS) is 22.1. The Bertz CT molecular complexity index is 651. The molecule has 3 rings (SSSR count). The summed E-state index contributed by atoms with van der Waals surface area (Å²) in [6, 6.07) is 3.63. The Morgan fingerprint density at radius 1 is 1.19 bits per heavy atom. The van der Waals surface area contributed by atoms with E-state index in [2.05, 4.69) is 17.4 Å². The van der Waals surface area contributed by atoms with Gasteiger partial charge in [-0.25, -0.2) is 0 Å². The van der Waals surface area contributed by atoms with E-state index in [4.69, 9.17) is 0 Å². The maximum Gasteiger partial charge on any atom is 0.249 e. The molecule has 0 bridgehead atoms. The molecule has 3 amide bonds. The fourth-order valence-electron chi connectivity index (χ4n) is 3.27. The van der Waals surface area contributed by atoms with Gasteiger partial charge in [0.2, 0.25) is 17.7 Å². The molecule has 2 aliphatic rings. The molecule has 1 aromatic carbocycles. The number of carbonyl (C=O) groups excluding carboxylic acids is 3. The molecule has 1 N–H and O–H groups in total. The van der Waals surface area contributed by atoms with Gasteiger partial charge in [0, 0.05) is 13.0 Å². The summed E-state index contributed by atoms with van der Waals surface area (Å²) in [7, 11) is 0. The predicted molar refractivity (Wildman–Crippen MR) is 76.3 cm³/mol. The van der Waals surface area contributed by atoms with Crippen LogP contribution in [-0.4, -0.2) is 28.7 Å². The van der Waals surface area contributed by atoms with Gasteiger partial charge >= 0.3 is 0 Å². The minimum atomic E-state index is -0.524. The summed E-state index contributed by atoms with van der Waals surface area (Å²) in [4.78, 5) is 37.2. The number of piperidine rings is 1. The van der Waals surface area contributed by atoms with Crippen LogP contribution in [0.3, 0.4) is 0 Å². The van der Waals surface area contributed by atoms with Gasteiger partial charge in [0.1, 0.15) is 6.04 Å².